The average Bonchev–Trinajstić information content (AvgIpc) is 2.16. The predicted octanol–water partition coefficient (Wildman–Crippen LogP) is 1.08. The molecule has 0 saturated carbocycles. The van der Waals surface area contributed by atoms with E-state index in [0.717, 1.165) is 12.8 Å². The lowest BCUT2D eigenvalue weighted by Crippen LogP contribution is -2.30. The first-order valence-corrected chi connectivity index (χ1v) is 5.63. The second-order valence-electron chi connectivity index (χ2n) is 4.22. The van der Waals surface area contributed by atoms with Crippen molar-refractivity contribution in [1.82, 2.24) is 4.90 Å². The number of ether oxygens (including phenoxy) is 1. The predicted molar refractivity (Wildman–Crippen MR) is 74.2 cm³/mol. The number of hydrogen-bond donors (Lipinski definition) is 2. The molecule has 0 saturated heterocycles. The van der Waals surface area contributed by atoms with Crippen LogP contribution in [0.5, 0.6) is 0 Å². The van der Waals surface area contributed by atoms with Gasteiger partial charge in [0.15, 0.2) is 0 Å². The molecule has 0 aromatic rings. The normalized spacial score (nSPS) is 13.5. The Morgan fingerprint density at radius 1 is 0.938 bits per heavy atom. The number of halogens is 1. The molecule has 4 nitrogen and oxygen atoms in total. The van der Waals surface area contributed by atoms with Crippen molar-refractivity contribution >= 4 is 12.4 Å². The number of nitrogens with zero attached hydrogens (tertiary/aromatic N) is 1. The summed E-state index contributed by atoms with van der Waals surface area (Å²) in [4.78, 5) is 2.00. The highest BCUT2D eigenvalue weighted by Gasteiger charge is 2.01. The highest BCUT2D eigenvalue weighted by atomic mass is 35.5. The van der Waals surface area contributed by atoms with Gasteiger partial charge in [0.2, 0.25) is 0 Å². The molecule has 4 N–H and O–H groups in total. The summed E-state index contributed by atoms with van der Waals surface area (Å²) in [7, 11) is 6.00. The molecule has 5 heteroatoms. The number of hydrogen-bond acceptors (Lipinski definition) is 4. The van der Waals surface area contributed by atoms with Crippen molar-refractivity contribution in [3.8, 4) is 0 Å². The minimum atomic E-state index is 0. The van der Waals surface area contributed by atoms with Crippen molar-refractivity contribution in [1.29, 1.82) is 0 Å². The maximum atomic E-state index is 5.63. The van der Waals surface area contributed by atoms with E-state index in [-0.39, 0.29) is 24.5 Å². The number of nitrogens with two attached hydrogens (primary N) is 2. The summed E-state index contributed by atoms with van der Waals surface area (Å²) in [5.41, 5.74) is 11.3. The van der Waals surface area contributed by atoms with Gasteiger partial charge in [0, 0.05) is 12.1 Å². The Balaban J connectivity index is -0.000000292. The van der Waals surface area contributed by atoms with Crippen molar-refractivity contribution < 1.29 is 4.74 Å². The molecule has 2 atom stereocenters. The molecular formula is C11H30ClN3O. The standard InChI is InChI=1S/C8H20N2O.C3H9N.ClH/c1-3-7(9)5-11-6-8(10)4-2;1-4(2)3;/h7-8H,3-6,9-10H2,1-2H3;1-3H3;1H. The summed E-state index contributed by atoms with van der Waals surface area (Å²) >= 11 is 0. The van der Waals surface area contributed by atoms with Crippen LogP contribution in [0.1, 0.15) is 26.7 Å². The van der Waals surface area contributed by atoms with Crippen molar-refractivity contribution in [2.24, 2.45) is 11.5 Å². The Kier molecular flexibility index (Phi) is 20.3. The highest BCUT2D eigenvalue weighted by molar-refractivity contribution is 5.85. The van der Waals surface area contributed by atoms with E-state index < -0.39 is 0 Å². The molecule has 0 aromatic heterocycles. The van der Waals surface area contributed by atoms with E-state index in [2.05, 4.69) is 0 Å². The fourth-order valence-corrected chi connectivity index (χ4v) is 0.606. The highest BCUT2D eigenvalue weighted by Crippen LogP contribution is 1.91. The Hall–Kier alpha value is 0.130. The average molecular weight is 256 g/mol. The Morgan fingerprint density at radius 3 is 1.38 bits per heavy atom. The van der Waals surface area contributed by atoms with Gasteiger partial charge in [-0.25, -0.2) is 0 Å². The lowest BCUT2D eigenvalue weighted by Gasteiger charge is -2.12. The Labute approximate surface area is 107 Å². The summed E-state index contributed by atoms with van der Waals surface area (Å²) < 4.78 is 5.29. The molecular weight excluding hydrogens is 226 g/mol. The summed E-state index contributed by atoms with van der Waals surface area (Å²) in [5.74, 6) is 0. The van der Waals surface area contributed by atoms with Crippen LogP contribution in [0, 0.1) is 0 Å². The molecule has 16 heavy (non-hydrogen) atoms. The van der Waals surface area contributed by atoms with Gasteiger partial charge >= 0.3 is 0 Å². The topological polar surface area (TPSA) is 64.5 Å². The molecule has 0 aliphatic carbocycles. The van der Waals surface area contributed by atoms with Gasteiger partial charge in [0.25, 0.3) is 0 Å². The zero-order valence-corrected chi connectivity index (χ0v) is 12.2. The van der Waals surface area contributed by atoms with Gasteiger partial charge in [0.1, 0.15) is 0 Å². The van der Waals surface area contributed by atoms with Crippen LogP contribution in [0.15, 0.2) is 0 Å². The zero-order chi connectivity index (χ0) is 12.3. The van der Waals surface area contributed by atoms with E-state index in [1.54, 1.807) is 0 Å². The fraction of sp³-hybridized carbons (Fsp3) is 1.00. The molecule has 0 rings (SSSR count). The van der Waals surface area contributed by atoms with E-state index in [4.69, 9.17) is 16.2 Å². The molecule has 2 unspecified atom stereocenters. The van der Waals surface area contributed by atoms with Crippen LogP contribution < -0.4 is 11.5 Å². The van der Waals surface area contributed by atoms with E-state index >= 15 is 0 Å². The quantitative estimate of drug-likeness (QED) is 0.746. The van der Waals surface area contributed by atoms with Gasteiger partial charge in [-0.3, -0.25) is 0 Å². The fourth-order valence-electron chi connectivity index (χ4n) is 0.606. The molecule has 0 bridgehead atoms. The zero-order valence-electron chi connectivity index (χ0n) is 11.4. The third-order valence-corrected chi connectivity index (χ3v) is 1.71. The Morgan fingerprint density at radius 2 is 1.19 bits per heavy atom. The minimum Gasteiger partial charge on any atom is -0.378 e. The van der Waals surface area contributed by atoms with Crippen molar-refractivity contribution in [3.05, 3.63) is 0 Å². The van der Waals surface area contributed by atoms with Gasteiger partial charge in [-0.2, -0.15) is 0 Å². The molecule has 0 aliphatic rings. The monoisotopic (exact) mass is 255 g/mol. The molecule has 0 aliphatic heterocycles. The molecule has 0 fully saturated rings. The summed E-state index contributed by atoms with van der Waals surface area (Å²) in [6, 6.07) is 0.332. The maximum Gasteiger partial charge on any atom is 0.0618 e. The van der Waals surface area contributed by atoms with Crippen LogP contribution in [0.3, 0.4) is 0 Å². The molecule has 0 radical (unpaired) electrons. The van der Waals surface area contributed by atoms with Crippen LogP contribution >= 0.6 is 12.4 Å². The van der Waals surface area contributed by atoms with E-state index in [1.165, 1.54) is 0 Å². The van der Waals surface area contributed by atoms with E-state index in [1.807, 2.05) is 39.9 Å². The van der Waals surface area contributed by atoms with Gasteiger partial charge in [-0.1, -0.05) is 13.8 Å². The summed E-state index contributed by atoms with van der Waals surface area (Å²) in [6.07, 6.45) is 1.92. The molecule has 0 spiro atoms. The smallest absolute Gasteiger partial charge is 0.0618 e. The van der Waals surface area contributed by atoms with Crippen molar-refractivity contribution in [2.45, 2.75) is 38.8 Å². The maximum absolute atomic E-state index is 5.63. The number of rotatable bonds is 6. The first-order valence-electron chi connectivity index (χ1n) is 5.63. The summed E-state index contributed by atoms with van der Waals surface area (Å²) in [6.45, 7) is 5.36. The van der Waals surface area contributed by atoms with Crippen LogP contribution in [0.4, 0.5) is 0 Å². The minimum absolute atomic E-state index is 0. The largest absolute Gasteiger partial charge is 0.378 e. The van der Waals surface area contributed by atoms with Gasteiger partial charge in [0.05, 0.1) is 13.2 Å². The van der Waals surface area contributed by atoms with E-state index in [0.29, 0.717) is 13.2 Å². The second-order valence-corrected chi connectivity index (χ2v) is 4.22. The SMILES string of the molecule is CCC(N)COCC(N)CC.CN(C)C.Cl. The first-order chi connectivity index (χ1) is 6.93. The van der Waals surface area contributed by atoms with Gasteiger partial charge in [-0.05, 0) is 34.0 Å². The lowest BCUT2D eigenvalue weighted by molar-refractivity contribution is 0.107. The molecule has 0 heterocycles. The molecule has 0 amide bonds. The van der Waals surface area contributed by atoms with Gasteiger partial charge in [-0.15, -0.1) is 12.4 Å². The van der Waals surface area contributed by atoms with E-state index in [9.17, 15) is 0 Å². The third kappa shape index (κ3) is 23.7. The van der Waals surface area contributed by atoms with Gasteiger partial charge < -0.3 is 21.1 Å². The van der Waals surface area contributed by atoms with Crippen LogP contribution in [-0.4, -0.2) is 51.3 Å². The van der Waals surface area contributed by atoms with Crippen LogP contribution in [-0.2, 0) is 4.74 Å². The lowest BCUT2D eigenvalue weighted by atomic mass is 10.2. The van der Waals surface area contributed by atoms with Crippen molar-refractivity contribution in [3.63, 3.8) is 0 Å². The van der Waals surface area contributed by atoms with Crippen molar-refractivity contribution in [2.75, 3.05) is 34.4 Å². The third-order valence-electron chi connectivity index (χ3n) is 1.71. The van der Waals surface area contributed by atoms with Crippen LogP contribution in [0.2, 0.25) is 0 Å². The first kappa shape index (κ1) is 21.4. The Bertz CT molecular complexity index is 113. The molecule has 102 valence electrons. The second kappa shape index (κ2) is 15.1. The van der Waals surface area contributed by atoms with Crippen LogP contribution in [0.25, 0.3) is 0 Å². The summed E-state index contributed by atoms with van der Waals surface area (Å²) in [5, 5.41) is 0. The molecule has 0 aromatic carbocycles.